The first-order valence-electron chi connectivity index (χ1n) is 9.59. The van der Waals surface area contributed by atoms with Crippen molar-refractivity contribution in [1.29, 1.82) is 0 Å². The number of carboxylic acid groups (broad SMARTS) is 1. The number of Topliss-reactive ketones (excluding diaryl/α,β-unsaturated/α-hetero) is 1. The van der Waals surface area contributed by atoms with Crippen LogP contribution < -0.4 is 0 Å². The van der Waals surface area contributed by atoms with Gasteiger partial charge >= 0.3 is 5.97 Å². The molecule has 3 atom stereocenters. The average molecular weight is 371 g/mol. The van der Waals surface area contributed by atoms with E-state index in [1.165, 1.54) is 11.8 Å². The van der Waals surface area contributed by atoms with E-state index in [4.69, 9.17) is 5.11 Å². The van der Waals surface area contributed by atoms with Gasteiger partial charge in [-0.1, -0.05) is 44.8 Å². The molecule has 0 heterocycles. The number of carbonyl (C=O) groups excluding carboxylic acids is 1. The first-order valence-corrected chi connectivity index (χ1v) is 10.7. The number of aliphatic hydroxyl groups is 1. The second-order valence-corrected chi connectivity index (χ2v) is 8.50. The molecule has 0 aromatic carbocycles. The normalized spacial score (nSPS) is 23.2. The van der Waals surface area contributed by atoms with Crippen LogP contribution in [-0.4, -0.2) is 39.1 Å². The van der Waals surface area contributed by atoms with E-state index in [0.717, 1.165) is 57.1 Å². The fraction of sp³-hybridized carbons (Fsp3) is 0.800. The molecule has 0 spiro atoms. The van der Waals surface area contributed by atoms with Crippen molar-refractivity contribution in [3.05, 3.63) is 12.2 Å². The third-order valence-corrected chi connectivity index (χ3v) is 5.95. The summed E-state index contributed by atoms with van der Waals surface area (Å²) in [4.78, 5) is 22.6. The Bertz CT molecular complexity index is 445. The van der Waals surface area contributed by atoms with Gasteiger partial charge in [0.2, 0.25) is 0 Å². The molecule has 1 unspecified atom stereocenters. The van der Waals surface area contributed by atoms with E-state index in [-0.39, 0.29) is 17.6 Å². The minimum Gasteiger partial charge on any atom is -0.481 e. The molecule has 1 saturated carbocycles. The third-order valence-electron chi connectivity index (χ3n) is 4.92. The molecule has 5 heteroatoms. The summed E-state index contributed by atoms with van der Waals surface area (Å²) in [6.07, 6.45) is 12.4. The van der Waals surface area contributed by atoms with Crippen molar-refractivity contribution in [2.75, 3.05) is 11.5 Å². The third kappa shape index (κ3) is 9.45. The van der Waals surface area contributed by atoms with Crippen LogP contribution in [-0.2, 0) is 9.59 Å². The fourth-order valence-corrected chi connectivity index (χ4v) is 4.14. The number of rotatable bonds is 13. The van der Waals surface area contributed by atoms with Gasteiger partial charge in [-0.15, -0.1) is 0 Å². The predicted octanol–water partition coefficient (Wildman–Crippen LogP) is 4.46. The van der Waals surface area contributed by atoms with Crippen molar-refractivity contribution in [2.45, 2.75) is 77.2 Å². The number of ketones is 1. The molecule has 1 aliphatic rings. The maximum absolute atomic E-state index is 12.1. The predicted molar refractivity (Wildman–Crippen MR) is 104 cm³/mol. The number of carboxylic acids is 1. The Labute approximate surface area is 156 Å². The van der Waals surface area contributed by atoms with Gasteiger partial charge in [-0.25, -0.2) is 0 Å². The standard InChI is InChI=1S/C20H34O4S/c1-3-4-6-12-20(2,24)13-11-16-9-10-18(21)17(16)8-5-7-14-25-15-19(22)23/h11,13,16-17,24H,3-10,12,14-15H2,1-2H3,(H,22,23)/b13-11+/t16?,17-,20+/m1/s1. The van der Waals surface area contributed by atoms with Crippen LogP contribution in [0.1, 0.15) is 71.6 Å². The zero-order valence-electron chi connectivity index (χ0n) is 15.7. The lowest BCUT2D eigenvalue weighted by Crippen LogP contribution is -2.21. The molecule has 0 aromatic rings. The minimum absolute atomic E-state index is 0.0761. The topological polar surface area (TPSA) is 74.6 Å². The molecule has 0 amide bonds. The van der Waals surface area contributed by atoms with Crippen molar-refractivity contribution in [1.82, 2.24) is 0 Å². The van der Waals surface area contributed by atoms with Gasteiger partial charge in [-0.3, -0.25) is 9.59 Å². The minimum atomic E-state index is -0.779. The molecular weight excluding hydrogens is 336 g/mol. The first-order chi connectivity index (χ1) is 11.9. The second kappa shape index (κ2) is 11.7. The molecule has 1 fully saturated rings. The van der Waals surface area contributed by atoms with Crippen molar-refractivity contribution >= 4 is 23.5 Å². The number of unbranched alkanes of at least 4 members (excludes halogenated alkanes) is 3. The molecule has 0 aliphatic heterocycles. The van der Waals surface area contributed by atoms with Gasteiger partial charge in [0, 0.05) is 12.3 Å². The zero-order chi connectivity index (χ0) is 18.7. The molecule has 0 saturated heterocycles. The summed E-state index contributed by atoms with van der Waals surface area (Å²) in [5, 5.41) is 19.1. The molecule has 0 aromatic heterocycles. The average Bonchev–Trinajstić information content (AvgIpc) is 2.89. The molecule has 25 heavy (non-hydrogen) atoms. The fourth-order valence-electron chi connectivity index (χ4n) is 3.41. The van der Waals surface area contributed by atoms with Gasteiger partial charge in [-0.2, -0.15) is 11.8 Å². The molecule has 0 bridgehead atoms. The van der Waals surface area contributed by atoms with Crippen molar-refractivity contribution in [3.63, 3.8) is 0 Å². The van der Waals surface area contributed by atoms with Gasteiger partial charge in [0.25, 0.3) is 0 Å². The molecule has 2 N–H and O–H groups in total. The number of hydrogen-bond acceptors (Lipinski definition) is 4. The zero-order valence-corrected chi connectivity index (χ0v) is 16.5. The summed E-state index contributed by atoms with van der Waals surface area (Å²) >= 11 is 1.44. The second-order valence-electron chi connectivity index (χ2n) is 7.39. The lowest BCUT2D eigenvalue weighted by atomic mass is 9.88. The molecule has 1 rings (SSSR count). The van der Waals surface area contributed by atoms with E-state index in [1.54, 1.807) is 0 Å². The van der Waals surface area contributed by atoms with Gasteiger partial charge in [0.05, 0.1) is 11.4 Å². The van der Waals surface area contributed by atoms with Gasteiger partial charge < -0.3 is 10.2 Å². The molecular formula is C20H34O4S. The number of aliphatic carboxylic acids is 1. The summed E-state index contributed by atoms with van der Waals surface area (Å²) in [6.45, 7) is 4.00. The van der Waals surface area contributed by atoms with Crippen molar-refractivity contribution < 1.29 is 19.8 Å². The van der Waals surface area contributed by atoms with E-state index in [2.05, 4.69) is 13.0 Å². The van der Waals surface area contributed by atoms with Crippen molar-refractivity contribution in [3.8, 4) is 0 Å². The smallest absolute Gasteiger partial charge is 0.313 e. The number of carbonyl (C=O) groups is 2. The van der Waals surface area contributed by atoms with Crippen LogP contribution in [0.25, 0.3) is 0 Å². The Balaban J connectivity index is 2.38. The lowest BCUT2D eigenvalue weighted by Gasteiger charge is -2.21. The number of allylic oxidation sites excluding steroid dienone is 1. The highest BCUT2D eigenvalue weighted by Crippen LogP contribution is 2.34. The maximum Gasteiger partial charge on any atom is 0.313 e. The quantitative estimate of drug-likeness (QED) is 0.370. The molecule has 4 nitrogen and oxygen atoms in total. The van der Waals surface area contributed by atoms with E-state index in [9.17, 15) is 14.7 Å². The molecule has 0 radical (unpaired) electrons. The Morgan fingerprint density at radius 1 is 1.32 bits per heavy atom. The van der Waals surface area contributed by atoms with Crippen LogP contribution >= 0.6 is 11.8 Å². The van der Waals surface area contributed by atoms with Crippen molar-refractivity contribution in [2.24, 2.45) is 11.8 Å². The van der Waals surface area contributed by atoms with Gasteiger partial charge in [0.1, 0.15) is 5.78 Å². The van der Waals surface area contributed by atoms with Crippen LogP contribution in [0.4, 0.5) is 0 Å². The van der Waals surface area contributed by atoms with E-state index in [1.807, 2.05) is 13.0 Å². The Morgan fingerprint density at radius 2 is 2.08 bits per heavy atom. The van der Waals surface area contributed by atoms with E-state index in [0.29, 0.717) is 12.2 Å². The van der Waals surface area contributed by atoms with Crippen LogP contribution in [0.2, 0.25) is 0 Å². The SMILES string of the molecule is CCCCC[C@](C)(O)/C=C/C1CCC(=O)[C@@H]1CCCCSCC(=O)O. The summed E-state index contributed by atoms with van der Waals surface area (Å²) in [5.74, 6) is 0.885. The summed E-state index contributed by atoms with van der Waals surface area (Å²) in [7, 11) is 0. The highest BCUT2D eigenvalue weighted by Gasteiger charge is 2.32. The monoisotopic (exact) mass is 370 g/mol. The highest BCUT2D eigenvalue weighted by atomic mass is 32.2. The maximum atomic E-state index is 12.1. The summed E-state index contributed by atoms with van der Waals surface area (Å²) < 4.78 is 0. The van der Waals surface area contributed by atoms with Crippen LogP contribution in [0, 0.1) is 11.8 Å². The van der Waals surface area contributed by atoms with Crippen LogP contribution in [0.5, 0.6) is 0 Å². The van der Waals surface area contributed by atoms with E-state index >= 15 is 0 Å². The number of hydrogen-bond donors (Lipinski definition) is 2. The number of thioether (sulfide) groups is 1. The lowest BCUT2D eigenvalue weighted by molar-refractivity contribution is -0.133. The highest BCUT2D eigenvalue weighted by molar-refractivity contribution is 7.99. The van der Waals surface area contributed by atoms with Crippen LogP contribution in [0.3, 0.4) is 0 Å². The Morgan fingerprint density at radius 3 is 2.76 bits per heavy atom. The summed E-state index contributed by atoms with van der Waals surface area (Å²) in [5.41, 5.74) is -0.779. The molecule has 144 valence electrons. The summed E-state index contributed by atoms with van der Waals surface area (Å²) in [6, 6.07) is 0. The van der Waals surface area contributed by atoms with Gasteiger partial charge in [-0.05, 0) is 44.3 Å². The van der Waals surface area contributed by atoms with Crippen LogP contribution in [0.15, 0.2) is 12.2 Å². The van der Waals surface area contributed by atoms with E-state index < -0.39 is 11.6 Å². The Kier molecular flexibility index (Phi) is 10.4. The Hall–Kier alpha value is -0.810. The van der Waals surface area contributed by atoms with Gasteiger partial charge in [0.15, 0.2) is 0 Å². The largest absolute Gasteiger partial charge is 0.481 e. The first kappa shape index (κ1) is 22.2. The molecule has 1 aliphatic carbocycles.